The summed E-state index contributed by atoms with van der Waals surface area (Å²) in [7, 11) is 0. The van der Waals surface area contributed by atoms with Crippen LogP contribution in [0.2, 0.25) is 0 Å². The number of ether oxygens (including phenoxy) is 1. The Morgan fingerprint density at radius 1 is 0.971 bits per heavy atom. The summed E-state index contributed by atoms with van der Waals surface area (Å²) >= 11 is 3.41. The molecule has 10 heteroatoms. The molecule has 0 heterocycles. The van der Waals surface area contributed by atoms with E-state index < -0.39 is 17.6 Å². The summed E-state index contributed by atoms with van der Waals surface area (Å²) in [5, 5.41) is 8.82. The van der Waals surface area contributed by atoms with Crippen LogP contribution in [0.4, 0.5) is 15.8 Å². The van der Waals surface area contributed by atoms with Gasteiger partial charge in [-0.05, 0) is 72.6 Å². The van der Waals surface area contributed by atoms with E-state index >= 15 is 0 Å². The van der Waals surface area contributed by atoms with Crippen molar-refractivity contribution in [1.29, 1.82) is 0 Å². The van der Waals surface area contributed by atoms with E-state index in [1.54, 1.807) is 30.3 Å². The van der Waals surface area contributed by atoms with Gasteiger partial charge in [0.15, 0.2) is 6.61 Å². The van der Waals surface area contributed by atoms with Crippen molar-refractivity contribution in [1.82, 2.24) is 5.43 Å². The molecule has 0 saturated heterocycles. The molecule has 0 aliphatic carbocycles. The molecule has 8 nitrogen and oxygen atoms in total. The van der Waals surface area contributed by atoms with Crippen molar-refractivity contribution in [2.24, 2.45) is 5.10 Å². The number of aryl methyl sites for hydroxylation is 1. The summed E-state index contributed by atoms with van der Waals surface area (Å²) in [5.41, 5.74) is 4.60. The first-order chi connectivity index (χ1) is 16.3. The minimum atomic E-state index is -0.993. The molecule has 0 spiro atoms. The number of nitrogens with zero attached hydrogens (tertiary/aromatic N) is 1. The van der Waals surface area contributed by atoms with Crippen LogP contribution in [0.25, 0.3) is 0 Å². The molecule has 3 aromatic rings. The summed E-state index contributed by atoms with van der Waals surface area (Å²) < 4.78 is 19.4. The lowest BCUT2D eigenvalue weighted by Crippen LogP contribution is -2.32. The van der Waals surface area contributed by atoms with Gasteiger partial charge in [0.05, 0.1) is 6.21 Å². The number of carbonyl (C=O) groups excluding carboxylic acids is 3. The van der Waals surface area contributed by atoms with Crippen LogP contribution < -0.4 is 20.8 Å². The molecule has 0 aliphatic rings. The molecule has 3 aromatic carbocycles. The van der Waals surface area contributed by atoms with Gasteiger partial charge in [-0.2, -0.15) is 5.10 Å². The molecule has 0 aromatic heterocycles. The molecule has 0 atom stereocenters. The van der Waals surface area contributed by atoms with E-state index in [1.807, 2.05) is 19.1 Å². The third-order valence-corrected chi connectivity index (χ3v) is 5.25. The predicted molar refractivity (Wildman–Crippen MR) is 130 cm³/mol. The van der Waals surface area contributed by atoms with Crippen LogP contribution in [0.5, 0.6) is 5.75 Å². The summed E-state index contributed by atoms with van der Waals surface area (Å²) in [6.07, 6.45) is 1.32. The van der Waals surface area contributed by atoms with Gasteiger partial charge in [0.2, 0.25) is 0 Å². The van der Waals surface area contributed by atoms with Crippen LogP contribution in [0, 0.1) is 12.7 Å². The zero-order valence-electron chi connectivity index (χ0n) is 18.0. The Morgan fingerprint density at radius 3 is 2.44 bits per heavy atom. The molecule has 0 unspecified atom stereocenters. The maximum absolute atomic E-state index is 12.9. The number of halogens is 2. The monoisotopic (exact) mass is 526 g/mol. The Labute approximate surface area is 203 Å². The molecule has 0 radical (unpaired) electrons. The Kier molecular flexibility index (Phi) is 8.47. The van der Waals surface area contributed by atoms with Crippen molar-refractivity contribution < 1.29 is 23.5 Å². The number of carbonyl (C=O) groups is 3. The van der Waals surface area contributed by atoms with Crippen molar-refractivity contribution in [2.75, 3.05) is 17.2 Å². The first-order valence-corrected chi connectivity index (χ1v) is 10.8. The molecule has 3 rings (SSSR count). The Hall–Kier alpha value is -4.05. The van der Waals surface area contributed by atoms with Crippen molar-refractivity contribution >= 4 is 51.2 Å². The molecular formula is C24H20BrFN4O4. The molecule has 0 aliphatic heterocycles. The summed E-state index contributed by atoms with van der Waals surface area (Å²) in [5.74, 6) is -2.30. The summed E-state index contributed by atoms with van der Waals surface area (Å²) in [6, 6.07) is 17.1. The van der Waals surface area contributed by atoms with Gasteiger partial charge in [0.1, 0.15) is 11.6 Å². The van der Waals surface area contributed by atoms with Gasteiger partial charge in [0, 0.05) is 15.8 Å². The van der Waals surface area contributed by atoms with Crippen LogP contribution in [0.3, 0.4) is 0 Å². The first kappa shape index (κ1) is 24.6. The highest BCUT2D eigenvalue weighted by Crippen LogP contribution is 2.20. The first-order valence-electron chi connectivity index (χ1n) is 9.99. The van der Waals surface area contributed by atoms with Gasteiger partial charge in [-0.3, -0.25) is 14.4 Å². The second-order valence-electron chi connectivity index (χ2n) is 7.03. The predicted octanol–water partition coefficient (Wildman–Crippen LogP) is 4.00. The smallest absolute Gasteiger partial charge is 0.329 e. The highest BCUT2D eigenvalue weighted by molar-refractivity contribution is 9.10. The topological polar surface area (TPSA) is 109 Å². The number of nitrogens with one attached hydrogen (secondary N) is 3. The molecule has 0 saturated carbocycles. The van der Waals surface area contributed by atoms with Crippen molar-refractivity contribution in [2.45, 2.75) is 6.92 Å². The number of benzene rings is 3. The van der Waals surface area contributed by atoms with E-state index in [9.17, 15) is 18.8 Å². The molecule has 0 fully saturated rings. The lowest BCUT2D eigenvalue weighted by molar-refractivity contribution is -0.136. The normalized spacial score (nSPS) is 10.6. The third kappa shape index (κ3) is 7.52. The zero-order valence-corrected chi connectivity index (χ0v) is 19.6. The van der Waals surface area contributed by atoms with Crippen LogP contribution in [-0.4, -0.2) is 30.5 Å². The highest BCUT2D eigenvalue weighted by Gasteiger charge is 2.12. The Balaban J connectivity index is 1.48. The van der Waals surface area contributed by atoms with Gasteiger partial charge < -0.3 is 15.4 Å². The Morgan fingerprint density at radius 2 is 1.71 bits per heavy atom. The minimum absolute atomic E-state index is 0.198. The van der Waals surface area contributed by atoms with E-state index in [4.69, 9.17) is 4.74 Å². The quantitative estimate of drug-likeness (QED) is 0.245. The average molecular weight is 527 g/mol. The Bertz CT molecular complexity index is 1230. The number of amides is 3. The SMILES string of the molecule is Cc1cc(NC(=O)COc2cccc(/C=N\NC(=O)C(=O)Nc3ccc(F)cc3)c2)ccc1Br. The van der Waals surface area contributed by atoms with Crippen molar-refractivity contribution in [3.63, 3.8) is 0 Å². The highest BCUT2D eigenvalue weighted by atomic mass is 79.9. The summed E-state index contributed by atoms with van der Waals surface area (Å²) in [4.78, 5) is 35.9. The maximum Gasteiger partial charge on any atom is 0.329 e. The number of hydrogen-bond acceptors (Lipinski definition) is 5. The van der Waals surface area contributed by atoms with Gasteiger partial charge in [-0.25, -0.2) is 9.82 Å². The van der Waals surface area contributed by atoms with Crippen molar-refractivity contribution in [3.05, 3.63) is 88.1 Å². The van der Waals surface area contributed by atoms with E-state index in [0.717, 1.165) is 22.2 Å². The van der Waals surface area contributed by atoms with Gasteiger partial charge in [-0.1, -0.05) is 28.1 Å². The number of hydrogen-bond donors (Lipinski definition) is 3. The van der Waals surface area contributed by atoms with E-state index in [2.05, 4.69) is 37.1 Å². The molecule has 0 bridgehead atoms. The van der Waals surface area contributed by atoms with E-state index in [1.165, 1.54) is 18.3 Å². The van der Waals surface area contributed by atoms with E-state index in [-0.39, 0.29) is 18.2 Å². The maximum atomic E-state index is 12.9. The number of hydrazone groups is 1. The van der Waals surface area contributed by atoms with Crippen LogP contribution >= 0.6 is 15.9 Å². The average Bonchev–Trinajstić information content (AvgIpc) is 2.82. The standard InChI is InChI=1S/C24H20BrFN4O4/c1-15-11-19(9-10-21(15)25)28-22(31)14-34-20-4-2-3-16(12-20)13-27-30-24(33)23(32)29-18-7-5-17(26)6-8-18/h2-13H,14H2,1H3,(H,28,31)(H,29,32)(H,30,33)/b27-13-. The fourth-order valence-electron chi connectivity index (χ4n) is 2.69. The second kappa shape index (κ2) is 11.7. The van der Waals surface area contributed by atoms with Gasteiger partial charge in [-0.15, -0.1) is 0 Å². The van der Waals surface area contributed by atoms with Crippen LogP contribution in [-0.2, 0) is 14.4 Å². The molecule has 3 N–H and O–H groups in total. The zero-order chi connectivity index (χ0) is 24.5. The second-order valence-corrected chi connectivity index (χ2v) is 7.89. The minimum Gasteiger partial charge on any atom is -0.484 e. The fraction of sp³-hybridized carbons (Fsp3) is 0.0833. The van der Waals surface area contributed by atoms with Gasteiger partial charge in [0.25, 0.3) is 5.91 Å². The number of anilines is 2. The summed E-state index contributed by atoms with van der Waals surface area (Å²) in [6.45, 7) is 1.72. The van der Waals surface area contributed by atoms with Crippen LogP contribution in [0.1, 0.15) is 11.1 Å². The molecule has 34 heavy (non-hydrogen) atoms. The molecule has 174 valence electrons. The number of rotatable bonds is 7. The van der Waals surface area contributed by atoms with Crippen molar-refractivity contribution in [3.8, 4) is 5.75 Å². The lowest BCUT2D eigenvalue weighted by Gasteiger charge is -2.09. The van der Waals surface area contributed by atoms with Gasteiger partial charge >= 0.3 is 11.8 Å². The molecular weight excluding hydrogens is 507 g/mol. The lowest BCUT2D eigenvalue weighted by atomic mass is 10.2. The van der Waals surface area contributed by atoms with Crippen LogP contribution in [0.15, 0.2) is 76.3 Å². The fourth-order valence-corrected chi connectivity index (χ4v) is 2.94. The molecule has 3 amide bonds. The largest absolute Gasteiger partial charge is 0.484 e. The van der Waals surface area contributed by atoms with E-state index in [0.29, 0.717) is 17.0 Å². The third-order valence-electron chi connectivity index (χ3n) is 4.36.